The molecule has 0 spiro atoms. The summed E-state index contributed by atoms with van der Waals surface area (Å²) in [6.45, 7) is 3.79. The standard InChI is InChI=1S/C19H22N2O4/c1-13-5-6-14(2)17(9-13)25-12-19(22)21-20-11-15-7-8-16(23-3)10-18(15)24-4/h5-11H,12H2,1-4H3,(H,21,22)/b20-11-. The lowest BCUT2D eigenvalue weighted by atomic mass is 10.1. The Hall–Kier alpha value is -3.02. The topological polar surface area (TPSA) is 69.2 Å². The van der Waals surface area contributed by atoms with Crippen molar-refractivity contribution in [2.75, 3.05) is 20.8 Å². The maximum atomic E-state index is 11.9. The minimum Gasteiger partial charge on any atom is -0.497 e. The van der Waals surface area contributed by atoms with Gasteiger partial charge in [-0.3, -0.25) is 4.79 Å². The van der Waals surface area contributed by atoms with E-state index in [0.29, 0.717) is 17.2 Å². The van der Waals surface area contributed by atoms with Crippen LogP contribution in [0.4, 0.5) is 0 Å². The van der Waals surface area contributed by atoms with E-state index >= 15 is 0 Å². The Morgan fingerprint density at radius 2 is 1.88 bits per heavy atom. The smallest absolute Gasteiger partial charge is 0.277 e. The molecule has 2 aromatic carbocycles. The monoisotopic (exact) mass is 342 g/mol. The van der Waals surface area contributed by atoms with E-state index in [1.807, 2.05) is 32.0 Å². The summed E-state index contributed by atoms with van der Waals surface area (Å²) in [5, 5.41) is 3.93. The van der Waals surface area contributed by atoms with E-state index in [1.54, 1.807) is 32.4 Å². The molecule has 1 N–H and O–H groups in total. The normalized spacial score (nSPS) is 10.6. The van der Waals surface area contributed by atoms with E-state index in [4.69, 9.17) is 14.2 Å². The molecule has 2 rings (SSSR count). The summed E-state index contributed by atoms with van der Waals surface area (Å²) in [6, 6.07) is 11.2. The summed E-state index contributed by atoms with van der Waals surface area (Å²) in [6.07, 6.45) is 1.51. The van der Waals surface area contributed by atoms with Gasteiger partial charge in [-0.1, -0.05) is 12.1 Å². The van der Waals surface area contributed by atoms with Crippen molar-refractivity contribution < 1.29 is 19.0 Å². The van der Waals surface area contributed by atoms with Gasteiger partial charge in [0, 0.05) is 11.6 Å². The highest BCUT2D eigenvalue weighted by molar-refractivity contribution is 5.85. The highest BCUT2D eigenvalue weighted by Gasteiger charge is 2.05. The van der Waals surface area contributed by atoms with Crippen molar-refractivity contribution in [3.63, 3.8) is 0 Å². The third kappa shape index (κ3) is 5.24. The molecular formula is C19H22N2O4. The van der Waals surface area contributed by atoms with Gasteiger partial charge in [-0.05, 0) is 43.2 Å². The second kappa shape index (κ2) is 8.73. The van der Waals surface area contributed by atoms with Gasteiger partial charge in [0.2, 0.25) is 0 Å². The molecule has 6 heteroatoms. The molecular weight excluding hydrogens is 320 g/mol. The van der Waals surface area contributed by atoms with Crippen molar-refractivity contribution in [3.05, 3.63) is 53.1 Å². The molecule has 25 heavy (non-hydrogen) atoms. The van der Waals surface area contributed by atoms with Gasteiger partial charge in [0.05, 0.1) is 20.4 Å². The van der Waals surface area contributed by atoms with Crippen LogP contribution in [0.1, 0.15) is 16.7 Å². The molecule has 6 nitrogen and oxygen atoms in total. The number of benzene rings is 2. The number of hydrazone groups is 1. The highest BCUT2D eigenvalue weighted by Crippen LogP contribution is 2.23. The van der Waals surface area contributed by atoms with Gasteiger partial charge in [-0.25, -0.2) is 5.43 Å². The fourth-order valence-corrected chi connectivity index (χ4v) is 2.14. The Labute approximate surface area is 147 Å². The molecule has 0 atom stereocenters. The van der Waals surface area contributed by atoms with Gasteiger partial charge in [0.15, 0.2) is 6.61 Å². The molecule has 0 aliphatic rings. The van der Waals surface area contributed by atoms with Crippen LogP contribution in [-0.2, 0) is 4.79 Å². The third-order valence-electron chi connectivity index (χ3n) is 3.54. The summed E-state index contributed by atoms with van der Waals surface area (Å²) < 4.78 is 15.9. The first-order chi connectivity index (χ1) is 12.0. The second-order valence-corrected chi connectivity index (χ2v) is 5.46. The van der Waals surface area contributed by atoms with Crippen molar-refractivity contribution in [1.29, 1.82) is 0 Å². The van der Waals surface area contributed by atoms with E-state index < -0.39 is 0 Å². The number of aryl methyl sites for hydroxylation is 2. The molecule has 0 unspecified atom stereocenters. The quantitative estimate of drug-likeness (QED) is 0.620. The van der Waals surface area contributed by atoms with Crippen LogP contribution in [0, 0.1) is 13.8 Å². The highest BCUT2D eigenvalue weighted by atomic mass is 16.5. The second-order valence-electron chi connectivity index (χ2n) is 5.46. The Bertz CT molecular complexity index is 772. The summed E-state index contributed by atoms with van der Waals surface area (Å²) in [7, 11) is 3.14. The fraction of sp³-hybridized carbons (Fsp3) is 0.263. The predicted octanol–water partition coefficient (Wildman–Crippen LogP) is 2.85. The molecule has 0 bridgehead atoms. The van der Waals surface area contributed by atoms with E-state index in [9.17, 15) is 4.79 Å². The largest absolute Gasteiger partial charge is 0.497 e. The minimum absolute atomic E-state index is 0.110. The van der Waals surface area contributed by atoms with Crippen molar-refractivity contribution in [1.82, 2.24) is 5.43 Å². The molecule has 0 fully saturated rings. The van der Waals surface area contributed by atoms with Gasteiger partial charge in [0.25, 0.3) is 5.91 Å². The number of rotatable bonds is 7. The average Bonchev–Trinajstić information content (AvgIpc) is 2.62. The van der Waals surface area contributed by atoms with Gasteiger partial charge in [0.1, 0.15) is 17.2 Å². The Balaban J connectivity index is 1.91. The third-order valence-corrected chi connectivity index (χ3v) is 3.54. The first-order valence-electron chi connectivity index (χ1n) is 7.77. The molecule has 0 aliphatic heterocycles. The summed E-state index contributed by atoms with van der Waals surface area (Å²) in [4.78, 5) is 11.9. The van der Waals surface area contributed by atoms with E-state index in [0.717, 1.165) is 16.7 Å². The lowest BCUT2D eigenvalue weighted by Gasteiger charge is -2.09. The number of nitrogens with one attached hydrogen (secondary N) is 1. The maximum absolute atomic E-state index is 11.9. The fourth-order valence-electron chi connectivity index (χ4n) is 2.14. The van der Waals surface area contributed by atoms with Gasteiger partial charge in [-0.2, -0.15) is 5.10 Å². The van der Waals surface area contributed by atoms with Crippen LogP contribution in [0.5, 0.6) is 17.2 Å². The Morgan fingerprint density at radius 1 is 1.08 bits per heavy atom. The van der Waals surface area contributed by atoms with Crippen LogP contribution in [0.2, 0.25) is 0 Å². The first kappa shape index (κ1) is 18.3. The zero-order valence-corrected chi connectivity index (χ0v) is 14.8. The van der Waals surface area contributed by atoms with E-state index in [2.05, 4.69) is 10.5 Å². The van der Waals surface area contributed by atoms with Crippen LogP contribution in [0.3, 0.4) is 0 Å². The molecule has 0 aromatic heterocycles. The van der Waals surface area contributed by atoms with Crippen LogP contribution in [-0.4, -0.2) is 32.9 Å². The molecule has 0 saturated carbocycles. The van der Waals surface area contributed by atoms with Crippen molar-refractivity contribution in [2.24, 2.45) is 5.10 Å². The zero-order valence-electron chi connectivity index (χ0n) is 14.8. The number of nitrogens with zero attached hydrogens (tertiary/aromatic N) is 1. The molecule has 132 valence electrons. The van der Waals surface area contributed by atoms with Crippen LogP contribution >= 0.6 is 0 Å². The Morgan fingerprint density at radius 3 is 2.60 bits per heavy atom. The molecule has 0 aliphatic carbocycles. The molecule has 0 radical (unpaired) electrons. The number of ether oxygens (including phenoxy) is 3. The Kier molecular flexibility index (Phi) is 6.39. The van der Waals surface area contributed by atoms with E-state index in [-0.39, 0.29) is 12.5 Å². The summed E-state index contributed by atoms with van der Waals surface area (Å²) >= 11 is 0. The molecule has 0 saturated heterocycles. The first-order valence-corrected chi connectivity index (χ1v) is 7.77. The van der Waals surface area contributed by atoms with Crippen molar-refractivity contribution in [2.45, 2.75) is 13.8 Å². The predicted molar refractivity (Wildman–Crippen MR) is 96.7 cm³/mol. The number of methoxy groups -OCH3 is 2. The van der Waals surface area contributed by atoms with Gasteiger partial charge >= 0.3 is 0 Å². The number of amides is 1. The molecule has 2 aromatic rings. The average molecular weight is 342 g/mol. The number of hydrogen-bond acceptors (Lipinski definition) is 5. The van der Waals surface area contributed by atoms with Crippen molar-refractivity contribution in [3.8, 4) is 17.2 Å². The lowest BCUT2D eigenvalue weighted by Crippen LogP contribution is -2.24. The van der Waals surface area contributed by atoms with Crippen LogP contribution < -0.4 is 19.6 Å². The van der Waals surface area contributed by atoms with Gasteiger partial charge < -0.3 is 14.2 Å². The molecule has 0 heterocycles. The zero-order chi connectivity index (χ0) is 18.2. The maximum Gasteiger partial charge on any atom is 0.277 e. The number of carbonyl (C=O) groups is 1. The minimum atomic E-state index is -0.343. The summed E-state index contributed by atoms with van der Waals surface area (Å²) in [5.74, 6) is 1.63. The SMILES string of the molecule is COc1ccc(/C=N\NC(=O)COc2cc(C)ccc2C)c(OC)c1. The van der Waals surface area contributed by atoms with Crippen molar-refractivity contribution >= 4 is 12.1 Å². The van der Waals surface area contributed by atoms with Crippen LogP contribution in [0.25, 0.3) is 0 Å². The molecule has 1 amide bonds. The summed E-state index contributed by atoms with van der Waals surface area (Å²) in [5.41, 5.74) is 5.21. The number of hydrogen-bond donors (Lipinski definition) is 1. The number of carbonyl (C=O) groups excluding carboxylic acids is 1. The van der Waals surface area contributed by atoms with E-state index in [1.165, 1.54) is 6.21 Å². The van der Waals surface area contributed by atoms with Gasteiger partial charge in [-0.15, -0.1) is 0 Å². The lowest BCUT2D eigenvalue weighted by molar-refractivity contribution is -0.123. The van der Waals surface area contributed by atoms with Crippen LogP contribution in [0.15, 0.2) is 41.5 Å².